The van der Waals surface area contributed by atoms with Gasteiger partial charge in [0.15, 0.2) is 0 Å². The van der Waals surface area contributed by atoms with Crippen molar-refractivity contribution in [2.75, 3.05) is 0 Å². The Hall–Kier alpha value is -3.02. The molecule has 0 fully saturated rings. The van der Waals surface area contributed by atoms with Crippen LogP contribution in [0.1, 0.15) is 63.7 Å². The normalized spacial score (nSPS) is 12.5. The molecule has 0 saturated carbocycles. The largest absolute Gasteiger partial charge is 0.346 e. The van der Waals surface area contributed by atoms with Crippen LogP contribution in [0.5, 0.6) is 0 Å². The van der Waals surface area contributed by atoms with Crippen molar-refractivity contribution in [1.29, 1.82) is 0 Å². The summed E-state index contributed by atoms with van der Waals surface area (Å²) < 4.78 is 13.1. The molecule has 2 heterocycles. The number of carbonyl (C=O) groups excluding carboxylic acids is 1. The fraction of sp³-hybridized carbons (Fsp3) is 0.400. The third kappa shape index (κ3) is 6.23. The number of rotatable bonds is 9. The van der Waals surface area contributed by atoms with E-state index in [1.54, 1.807) is 6.07 Å². The van der Waals surface area contributed by atoms with E-state index in [9.17, 15) is 9.18 Å². The number of aromatic nitrogens is 3. The molecule has 1 unspecified atom stereocenters. The maximum atomic E-state index is 13.1. The van der Waals surface area contributed by atoms with E-state index in [1.165, 1.54) is 12.3 Å². The maximum absolute atomic E-state index is 13.1. The molecule has 31 heavy (non-hydrogen) atoms. The Kier molecular flexibility index (Phi) is 7.21. The minimum Gasteiger partial charge on any atom is -0.346 e. The second-order valence-electron chi connectivity index (χ2n) is 8.72. The zero-order chi connectivity index (χ0) is 22.4. The number of halogens is 1. The standard InChI is InChI=1S/C25H31FN4O/c1-5-23(31)30-22(24-28-16-20(29-24)14-25(3,4)6-2)13-17-7-9-18(10-8-17)21-12-11-19(26)15-27-21/h7-12,15-16,22H,5-6,13-14H2,1-4H3,(H,28,29)(H,30,31). The number of nitrogens with one attached hydrogen (secondary N) is 2. The molecule has 2 aromatic heterocycles. The maximum Gasteiger partial charge on any atom is 0.220 e. The van der Waals surface area contributed by atoms with Crippen molar-refractivity contribution in [3.05, 3.63) is 71.7 Å². The third-order valence-corrected chi connectivity index (χ3v) is 5.68. The van der Waals surface area contributed by atoms with Gasteiger partial charge in [0.05, 0.1) is 17.9 Å². The molecule has 0 saturated heterocycles. The minimum atomic E-state index is -0.352. The van der Waals surface area contributed by atoms with Crippen molar-refractivity contribution in [2.45, 2.75) is 59.4 Å². The highest BCUT2D eigenvalue weighted by atomic mass is 19.1. The van der Waals surface area contributed by atoms with Crippen LogP contribution in [-0.4, -0.2) is 20.9 Å². The van der Waals surface area contributed by atoms with Gasteiger partial charge >= 0.3 is 0 Å². The van der Waals surface area contributed by atoms with E-state index in [2.05, 4.69) is 41.0 Å². The first-order valence-corrected chi connectivity index (χ1v) is 10.8. The summed E-state index contributed by atoms with van der Waals surface area (Å²) in [5, 5.41) is 3.09. The number of aromatic amines is 1. The van der Waals surface area contributed by atoms with Crippen LogP contribution in [-0.2, 0) is 17.6 Å². The molecule has 0 spiro atoms. The molecule has 1 aromatic carbocycles. The Labute approximate surface area is 183 Å². The quantitative estimate of drug-likeness (QED) is 0.485. The van der Waals surface area contributed by atoms with E-state index in [1.807, 2.05) is 37.4 Å². The first-order chi connectivity index (χ1) is 14.8. The summed E-state index contributed by atoms with van der Waals surface area (Å²) in [7, 11) is 0. The van der Waals surface area contributed by atoms with Crippen LogP contribution >= 0.6 is 0 Å². The first kappa shape index (κ1) is 22.7. The van der Waals surface area contributed by atoms with Gasteiger partial charge in [-0.3, -0.25) is 9.78 Å². The van der Waals surface area contributed by atoms with E-state index in [4.69, 9.17) is 0 Å². The number of hydrogen-bond acceptors (Lipinski definition) is 3. The highest BCUT2D eigenvalue weighted by Crippen LogP contribution is 2.26. The molecule has 6 heteroatoms. The van der Waals surface area contributed by atoms with Crippen molar-refractivity contribution in [3.63, 3.8) is 0 Å². The Balaban J connectivity index is 1.77. The van der Waals surface area contributed by atoms with Crippen molar-refractivity contribution >= 4 is 5.91 Å². The van der Waals surface area contributed by atoms with Crippen molar-refractivity contribution in [2.24, 2.45) is 5.41 Å². The number of amides is 1. The molecule has 0 aliphatic carbocycles. The Bertz CT molecular complexity index is 993. The molecule has 0 radical (unpaired) electrons. The molecule has 3 rings (SSSR count). The predicted molar refractivity (Wildman–Crippen MR) is 121 cm³/mol. The zero-order valence-electron chi connectivity index (χ0n) is 18.7. The van der Waals surface area contributed by atoms with Crippen LogP contribution in [0.15, 0.2) is 48.8 Å². The Morgan fingerprint density at radius 2 is 1.84 bits per heavy atom. The molecule has 1 amide bonds. The molecule has 0 aliphatic heterocycles. The van der Waals surface area contributed by atoms with E-state index in [0.717, 1.165) is 41.2 Å². The molecule has 0 aliphatic rings. The van der Waals surface area contributed by atoms with Crippen LogP contribution < -0.4 is 5.32 Å². The van der Waals surface area contributed by atoms with E-state index < -0.39 is 0 Å². The van der Waals surface area contributed by atoms with Gasteiger partial charge < -0.3 is 10.3 Å². The van der Waals surface area contributed by atoms with Gasteiger partial charge in [0.1, 0.15) is 11.6 Å². The second kappa shape index (κ2) is 9.86. The molecular weight excluding hydrogens is 391 g/mol. The Morgan fingerprint density at radius 3 is 2.45 bits per heavy atom. The second-order valence-corrected chi connectivity index (χ2v) is 8.72. The van der Waals surface area contributed by atoms with Crippen LogP contribution in [0.2, 0.25) is 0 Å². The van der Waals surface area contributed by atoms with Crippen LogP contribution in [0.4, 0.5) is 4.39 Å². The SMILES string of the molecule is CCC(=O)NC(Cc1ccc(-c2ccc(F)cn2)cc1)c1ncc(CC(C)(C)CC)[nH]1. The van der Waals surface area contributed by atoms with Gasteiger partial charge in [-0.1, -0.05) is 58.4 Å². The number of nitrogens with zero attached hydrogens (tertiary/aromatic N) is 2. The van der Waals surface area contributed by atoms with Gasteiger partial charge in [-0.25, -0.2) is 9.37 Å². The highest BCUT2D eigenvalue weighted by molar-refractivity contribution is 5.76. The van der Waals surface area contributed by atoms with Gasteiger partial charge in [-0.2, -0.15) is 0 Å². The van der Waals surface area contributed by atoms with Gasteiger partial charge in [0.25, 0.3) is 0 Å². The lowest BCUT2D eigenvalue weighted by atomic mass is 9.85. The number of carbonyl (C=O) groups is 1. The van der Waals surface area contributed by atoms with E-state index in [0.29, 0.717) is 12.8 Å². The summed E-state index contributed by atoms with van der Waals surface area (Å²) >= 11 is 0. The summed E-state index contributed by atoms with van der Waals surface area (Å²) in [4.78, 5) is 24.3. The van der Waals surface area contributed by atoms with Gasteiger partial charge in [-0.15, -0.1) is 0 Å². The topological polar surface area (TPSA) is 70.7 Å². The summed E-state index contributed by atoms with van der Waals surface area (Å²) in [5.41, 5.74) is 3.98. The molecule has 3 aromatic rings. The van der Waals surface area contributed by atoms with Crippen LogP contribution in [0.3, 0.4) is 0 Å². The number of pyridine rings is 1. The van der Waals surface area contributed by atoms with Gasteiger partial charge in [0, 0.05) is 23.9 Å². The molecule has 0 bridgehead atoms. The molecule has 164 valence electrons. The first-order valence-electron chi connectivity index (χ1n) is 10.8. The molecule has 1 atom stereocenters. The third-order valence-electron chi connectivity index (χ3n) is 5.68. The average molecular weight is 423 g/mol. The summed E-state index contributed by atoms with van der Waals surface area (Å²) in [6.45, 7) is 8.50. The van der Waals surface area contributed by atoms with Crippen molar-refractivity contribution < 1.29 is 9.18 Å². The Morgan fingerprint density at radius 1 is 1.10 bits per heavy atom. The summed E-state index contributed by atoms with van der Waals surface area (Å²) in [6.07, 6.45) is 6.11. The lowest BCUT2D eigenvalue weighted by molar-refractivity contribution is -0.121. The number of imidazole rings is 1. The van der Waals surface area contributed by atoms with E-state index >= 15 is 0 Å². The van der Waals surface area contributed by atoms with Crippen molar-refractivity contribution in [3.8, 4) is 11.3 Å². The fourth-order valence-corrected chi connectivity index (χ4v) is 3.39. The molecule has 5 nitrogen and oxygen atoms in total. The number of benzene rings is 1. The van der Waals surface area contributed by atoms with Gasteiger partial charge in [0.2, 0.25) is 5.91 Å². The van der Waals surface area contributed by atoms with E-state index in [-0.39, 0.29) is 23.2 Å². The summed E-state index contributed by atoms with van der Waals surface area (Å²) in [5.74, 6) is 0.409. The lowest BCUT2D eigenvalue weighted by Crippen LogP contribution is -2.30. The lowest BCUT2D eigenvalue weighted by Gasteiger charge is -2.21. The van der Waals surface area contributed by atoms with Crippen molar-refractivity contribution in [1.82, 2.24) is 20.3 Å². The molecular formula is C25H31FN4O. The van der Waals surface area contributed by atoms with Crippen LogP contribution in [0, 0.1) is 11.2 Å². The number of H-pyrrole nitrogens is 1. The smallest absolute Gasteiger partial charge is 0.220 e. The monoisotopic (exact) mass is 422 g/mol. The number of hydrogen-bond donors (Lipinski definition) is 2. The molecule has 2 N–H and O–H groups in total. The minimum absolute atomic E-state index is 0.0102. The fourth-order valence-electron chi connectivity index (χ4n) is 3.39. The predicted octanol–water partition coefficient (Wildman–Crippen LogP) is 5.40. The highest BCUT2D eigenvalue weighted by Gasteiger charge is 2.21. The zero-order valence-corrected chi connectivity index (χ0v) is 18.7. The van der Waals surface area contributed by atoms with Crippen LogP contribution in [0.25, 0.3) is 11.3 Å². The average Bonchev–Trinajstić information content (AvgIpc) is 3.22. The summed E-state index contributed by atoms with van der Waals surface area (Å²) in [6, 6.07) is 10.8. The van der Waals surface area contributed by atoms with Gasteiger partial charge in [-0.05, 0) is 36.0 Å².